The minimum absolute atomic E-state index is 0.200. The number of aromatic hydroxyl groups is 1. The molecule has 0 spiro atoms. The van der Waals surface area contributed by atoms with Gasteiger partial charge in [-0.05, 0) is 6.92 Å². The van der Waals surface area contributed by atoms with Crippen LogP contribution in [0.15, 0.2) is 20.3 Å². The molecular weight excluding hydrogens is 188 g/mol. The molecule has 0 fully saturated rings. The van der Waals surface area contributed by atoms with Crippen molar-refractivity contribution in [3.63, 3.8) is 0 Å². The van der Waals surface area contributed by atoms with E-state index in [2.05, 4.69) is 9.41 Å². The van der Waals surface area contributed by atoms with E-state index in [0.717, 1.165) is 6.21 Å². The second-order valence-electron chi connectivity index (χ2n) is 2.54. The van der Waals surface area contributed by atoms with Crippen molar-refractivity contribution in [1.82, 2.24) is 0 Å². The first kappa shape index (κ1) is 9.97. The number of primary amides is 1. The molecule has 14 heavy (non-hydrogen) atoms. The third-order valence-electron chi connectivity index (χ3n) is 1.41. The summed E-state index contributed by atoms with van der Waals surface area (Å²) < 4.78 is 4.66. The van der Waals surface area contributed by atoms with E-state index in [-0.39, 0.29) is 17.1 Å². The van der Waals surface area contributed by atoms with Crippen LogP contribution >= 0.6 is 0 Å². The van der Waals surface area contributed by atoms with Gasteiger partial charge in [-0.2, -0.15) is 0 Å². The second kappa shape index (κ2) is 3.73. The molecule has 6 nitrogen and oxygen atoms in total. The van der Waals surface area contributed by atoms with Crippen LogP contribution in [0.1, 0.15) is 11.3 Å². The number of hydrogen-bond donors (Lipinski definition) is 2. The van der Waals surface area contributed by atoms with Gasteiger partial charge in [0, 0.05) is 6.07 Å². The smallest absolute Gasteiger partial charge is 0.348 e. The number of hydrogen-bond acceptors (Lipinski definition) is 4. The first-order valence-electron chi connectivity index (χ1n) is 3.68. The van der Waals surface area contributed by atoms with E-state index in [4.69, 9.17) is 5.73 Å². The largest absolute Gasteiger partial charge is 0.507 e. The van der Waals surface area contributed by atoms with Gasteiger partial charge in [0.2, 0.25) is 0 Å². The summed E-state index contributed by atoms with van der Waals surface area (Å²) in [6.07, 6.45) is 0.864. The summed E-state index contributed by atoms with van der Waals surface area (Å²) in [5.41, 5.74) is 3.75. The lowest BCUT2D eigenvalue weighted by atomic mass is 10.2. The molecule has 0 saturated carbocycles. The lowest BCUT2D eigenvalue weighted by Gasteiger charge is -1.96. The summed E-state index contributed by atoms with van der Waals surface area (Å²) in [6.45, 7) is 1.51. The lowest BCUT2D eigenvalue weighted by molar-refractivity contribution is 0.257. The second-order valence-corrected chi connectivity index (χ2v) is 2.54. The Bertz CT molecular complexity index is 447. The summed E-state index contributed by atoms with van der Waals surface area (Å²) in [7, 11) is 0. The molecule has 1 heterocycles. The molecule has 0 aliphatic rings. The highest BCUT2D eigenvalue weighted by molar-refractivity contribution is 5.91. The van der Waals surface area contributed by atoms with Crippen molar-refractivity contribution < 1.29 is 14.3 Å². The molecule has 0 bridgehead atoms. The van der Waals surface area contributed by atoms with Crippen LogP contribution in [0.4, 0.5) is 4.79 Å². The van der Waals surface area contributed by atoms with Crippen molar-refractivity contribution in [3.8, 4) is 5.75 Å². The molecule has 0 saturated heterocycles. The number of urea groups is 1. The zero-order chi connectivity index (χ0) is 10.7. The van der Waals surface area contributed by atoms with Crippen molar-refractivity contribution >= 4 is 12.2 Å². The van der Waals surface area contributed by atoms with Crippen molar-refractivity contribution in [3.05, 3.63) is 27.8 Å². The highest BCUT2D eigenvalue weighted by Gasteiger charge is 2.06. The van der Waals surface area contributed by atoms with Gasteiger partial charge in [0.1, 0.15) is 17.1 Å². The molecule has 74 valence electrons. The predicted molar refractivity (Wildman–Crippen MR) is 48.6 cm³/mol. The monoisotopic (exact) mass is 196 g/mol. The van der Waals surface area contributed by atoms with E-state index in [1.165, 1.54) is 13.0 Å². The maximum atomic E-state index is 11.1. The van der Waals surface area contributed by atoms with E-state index >= 15 is 0 Å². The molecule has 0 unspecified atom stereocenters. The topological polar surface area (TPSA) is 106 Å². The number of aryl methyl sites for hydroxylation is 1. The van der Waals surface area contributed by atoms with Crippen LogP contribution < -0.4 is 11.4 Å². The summed E-state index contributed by atoms with van der Waals surface area (Å²) in [5.74, 6) is -0.0347. The van der Waals surface area contributed by atoms with E-state index < -0.39 is 11.7 Å². The van der Waals surface area contributed by atoms with E-state index in [9.17, 15) is 14.7 Å². The predicted octanol–water partition coefficient (Wildman–Crippen LogP) is 0.151. The van der Waals surface area contributed by atoms with Gasteiger partial charge in [0.05, 0.1) is 6.21 Å². The number of carbonyl (C=O) groups is 1. The standard InChI is InChI=1S/C8H8N2O4/c1-4-2-6(11)5(7(12)14-4)3-10-8(9)13/h2-3,11H,1H3,(H2,9,13). The minimum atomic E-state index is -0.954. The van der Waals surface area contributed by atoms with E-state index in [1.54, 1.807) is 0 Å². The Kier molecular flexibility index (Phi) is 2.66. The number of nitrogens with zero attached hydrogens (tertiary/aromatic N) is 1. The van der Waals surface area contributed by atoms with E-state index in [1.807, 2.05) is 0 Å². The average Bonchev–Trinajstić information content (AvgIpc) is 2.01. The summed E-state index contributed by atoms with van der Waals surface area (Å²) >= 11 is 0. The van der Waals surface area contributed by atoms with Gasteiger partial charge >= 0.3 is 11.7 Å². The molecule has 0 aliphatic heterocycles. The molecule has 0 atom stereocenters. The van der Waals surface area contributed by atoms with Gasteiger partial charge < -0.3 is 15.3 Å². The number of amides is 2. The maximum absolute atomic E-state index is 11.1. The van der Waals surface area contributed by atoms with Crippen molar-refractivity contribution in [2.75, 3.05) is 0 Å². The quantitative estimate of drug-likeness (QED) is 0.623. The van der Waals surface area contributed by atoms with Gasteiger partial charge in [0.15, 0.2) is 0 Å². The molecule has 2 amide bonds. The Hall–Kier alpha value is -2.11. The average molecular weight is 196 g/mol. The van der Waals surface area contributed by atoms with Crippen LogP contribution in [0, 0.1) is 6.92 Å². The summed E-state index contributed by atoms with van der Waals surface area (Å²) in [5, 5.41) is 9.28. The third-order valence-corrected chi connectivity index (χ3v) is 1.41. The Labute approximate surface area is 78.7 Å². The fraction of sp³-hybridized carbons (Fsp3) is 0.125. The summed E-state index contributed by atoms with van der Waals surface area (Å²) in [6, 6.07) is 0.286. The van der Waals surface area contributed by atoms with Gasteiger partial charge in [-0.25, -0.2) is 14.6 Å². The van der Waals surface area contributed by atoms with Crippen LogP contribution in [0.25, 0.3) is 0 Å². The lowest BCUT2D eigenvalue weighted by Crippen LogP contribution is -2.10. The molecule has 6 heteroatoms. The van der Waals surface area contributed by atoms with Gasteiger partial charge in [0.25, 0.3) is 0 Å². The molecule has 3 N–H and O–H groups in total. The normalized spacial score (nSPS) is 10.6. The van der Waals surface area contributed by atoms with Crippen molar-refractivity contribution in [2.45, 2.75) is 6.92 Å². The molecule has 1 rings (SSSR count). The maximum Gasteiger partial charge on any atom is 0.348 e. The first-order valence-corrected chi connectivity index (χ1v) is 3.68. The third kappa shape index (κ3) is 2.19. The molecular formula is C8H8N2O4. The van der Waals surface area contributed by atoms with Crippen molar-refractivity contribution in [2.24, 2.45) is 10.7 Å². The fourth-order valence-electron chi connectivity index (χ4n) is 0.853. The molecule has 0 aromatic carbocycles. The molecule has 0 aliphatic carbocycles. The Balaban J connectivity index is 3.22. The molecule has 0 radical (unpaired) electrons. The SMILES string of the molecule is Cc1cc(O)c(C=NC(N)=O)c(=O)o1. The first-order chi connectivity index (χ1) is 6.50. The van der Waals surface area contributed by atoms with Gasteiger partial charge in [-0.3, -0.25) is 0 Å². The van der Waals surface area contributed by atoms with Crippen LogP contribution in [0.2, 0.25) is 0 Å². The molecule has 1 aromatic rings. The summed E-state index contributed by atoms with van der Waals surface area (Å²) in [4.78, 5) is 24.5. The number of nitrogens with two attached hydrogens (primary N) is 1. The van der Waals surface area contributed by atoms with Crippen LogP contribution in [0.5, 0.6) is 5.75 Å². The van der Waals surface area contributed by atoms with E-state index in [0.29, 0.717) is 0 Å². The number of rotatable bonds is 1. The van der Waals surface area contributed by atoms with Crippen LogP contribution in [-0.2, 0) is 0 Å². The highest BCUT2D eigenvalue weighted by atomic mass is 16.4. The van der Waals surface area contributed by atoms with Gasteiger partial charge in [-0.1, -0.05) is 0 Å². The number of carbonyl (C=O) groups excluding carboxylic acids is 1. The Morgan fingerprint density at radius 3 is 2.86 bits per heavy atom. The fourth-order valence-corrected chi connectivity index (χ4v) is 0.853. The van der Waals surface area contributed by atoms with Crippen molar-refractivity contribution in [1.29, 1.82) is 0 Å². The zero-order valence-corrected chi connectivity index (χ0v) is 7.35. The Morgan fingerprint density at radius 2 is 2.36 bits per heavy atom. The minimum Gasteiger partial charge on any atom is -0.507 e. The molecule has 1 aromatic heterocycles. The number of aliphatic imine (C=N–C) groups is 1. The zero-order valence-electron chi connectivity index (χ0n) is 7.35. The van der Waals surface area contributed by atoms with Crippen LogP contribution in [0.3, 0.4) is 0 Å². The Morgan fingerprint density at radius 1 is 1.71 bits per heavy atom. The highest BCUT2D eigenvalue weighted by Crippen LogP contribution is 2.11. The van der Waals surface area contributed by atoms with Gasteiger partial charge in [-0.15, -0.1) is 0 Å². The van der Waals surface area contributed by atoms with Crippen LogP contribution in [-0.4, -0.2) is 17.4 Å².